The second kappa shape index (κ2) is 6.11. The van der Waals surface area contributed by atoms with E-state index in [1.54, 1.807) is 10.9 Å². The molecule has 5 nitrogen and oxygen atoms in total. The van der Waals surface area contributed by atoms with Gasteiger partial charge >= 0.3 is 0 Å². The summed E-state index contributed by atoms with van der Waals surface area (Å²) in [5.41, 5.74) is 2.97. The summed E-state index contributed by atoms with van der Waals surface area (Å²) in [6.07, 6.45) is 1.61. The summed E-state index contributed by atoms with van der Waals surface area (Å²) >= 11 is 3.39. The zero-order valence-electron chi connectivity index (χ0n) is 11.8. The van der Waals surface area contributed by atoms with Crippen LogP contribution in [0.5, 0.6) is 0 Å². The first-order valence-corrected chi connectivity index (χ1v) is 7.48. The van der Waals surface area contributed by atoms with Gasteiger partial charge in [0.15, 0.2) is 5.69 Å². The number of anilines is 1. The molecular weight excluding hydrogens is 344 g/mol. The fourth-order valence-corrected chi connectivity index (χ4v) is 2.32. The molecule has 0 saturated carbocycles. The third-order valence-electron chi connectivity index (χ3n) is 3.15. The number of carbonyl (C=O) groups is 1. The highest BCUT2D eigenvalue weighted by atomic mass is 79.9. The molecule has 1 aromatic heterocycles. The first-order chi connectivity index (χ1) is 10.6. The summed E-state index contributed by atoms with van der Waals surface area (Å²) in [5, 5.41) is 10.7. The van der Waals surface area contributed by atoms with Crippen LogP contribution >= 0.6 is 15.9 Å². The van der Waals surface area contributed by atoms with Crippen molar-refractivity contribution < 1.29 is 4.79 Å². The molecule has 0 radical (unpaired) electrons. The number of aryl methyl sites for hydroxylation is 1. The summed E-state index contributed by atoms with van der Waals surface area (Å²) in [6.45, 7) is 2.02. The van der Waals surface area contributed by atoms with Crippen LogP contribution in [-0.2, 0) is 0 Å². The molecule has 0 fully saturated rings. The summed E-state index contributed by atoms with van der Waals surface area (Å²) in [5.74, 6) is -0.301. The number of halogens is 1. The molecule has 0 bridgehead atoms. The molecule has 6 heteroatoms. The van der Waals surface area contributed by atoms with Crippen LogP contribution in [-0.4, -0.2) is 20.9 Å². The number of aromatic nitrogens is 3. The average Bonchev–Trinajstić information content (AvgIpc) is 3.00. The maximum Gasteiger partial charge on any atom is 0.277 e. The number of nitrogens with one attached hydrogen (secondary N) is 1. The summed E-state index contributed by atoms with van der Waals surface area (Å²) in [7, 11) is 0. The van der Waals surface area contributed by atoms with Crippen LogP contribution in [0.15, 0.2) is 59.2 Å². The Balaban J connectivity index is 1.80. The van der Waals surface area contributed by atoms with Crippen LogP contribution in [0.4, 0.5) is 5.69 Å². The lowest BCUT2D eigenvalue weighted by Gasteiger charge is -2.04. The van der Waals surface area contributed by atoms with Gasteiger partial charge in [-0.1, -0.05) is 35.0 Å². The number of carbonyl (C=O) groups excluding carboxylic acids is 1. The Labute approximate surface area is 136 Å². The summed E-state index contributed by atoms with van der Waals surface area (Å²) in [6, 6.07) is 15.2. The van der Waals surface area contributed by atoms with Gasteiger partial charge in [0.1, 0.15) is 0 Å². The molecule has 1 N–H and O–H groups in total. The van der Waals surface area contributed by atoms with Crippen molar-refractivity contribution >= 4 is 27.5 Å². The largest absolute Gasteiger partial charge is 0.319 e. The molecule has 0 spiro atoms. The van der Waals surface area contributed by atoms with E-state index in [4.69, 9.17) is 0 Å². The van der Waals surface area contributed by atoms with Gasteiger partial charge in [-0.25, -0.2) is 4.68 Å². The van der Waals surface area contributed by atoms with Crippen LogP contribution in [0.1, 0.15) is 16.1 Å². The SMILES string of the molecule is Cc1ccc(-n2cc(C(=O)Nc3ccccc3Br)nn2)cc1. The molecule has 0 atom stereocenters. The van der Waals surface area contributed by atoms with Crippen LogP contribution in [0.3, 0.4) is 0 Å². The lowest BCUT2D eigenvalue weighted by molar-refractivity contribution is 0.102. The Hall–Kier alpha value is -2.47. The van der Waals surface area contributed by atoms with E-state index in [9.17, 15) is 4.79 Å². The lowest BCUT2D eigenvalue weighted by atomic mass is 10.2. The van der Waals surface area contributed by atoms with Gasteiger partial charge in [-0.05, 0) is 47.1 Å². The second-order valence-corrected chi connectivity index (χ2v) is 5.67. The van der Waals surface area contributed by atoms with Crippen LogP contribution in [0.25, 0.3) is 5.69 Å². The van der Waals surface area contributed by atoms with Crippen molar-refractivity contribution in [2.24, 2.45) is 0 Å². The number of hydrogen-bond acceptors (Lipinski definition) is 3. The quantitative estimate of drug-likeness (QED) is 0.779. The van der Waals surface area contributed by atoms with Gasteiger partial charge in [-0.3, -0.25) is 4.79 Å². The number of para-hydroxylation sites is 1. The first kappa shape index (κ1) is 14.5. The summed E-state index contributed by atoms with van der Waals surface area (Å²) in [4.78, 5) is 12.2. The van der Waals surface area contributed by atoms with Crippen LogP contribution in [0, 0.1) is 6.92 Å². The van der Waals surface area contributed by atoms with Gasteiger partial charge in [-0.2, -0.15) is 0 Å². The van der Waals surface area contributed by atoms with E-state index in [0.29, 0.717) is 5.69 Å². The minimum Gasteiger partial charge on any atom is -0.319 e. The minimum absolute atomic E-state index is 0.260. The van der Waals surface area contributed by atoms with E-state index in [0.717, 1.165) is 15.7 Å². The molecule has 0 aliphatic rings. The van der Waals surface area contributed by atoms with Crippen LogP contribution < -0.4 is 5.32 Å². The zero-order chi connectivity index (χ0) is 15.5. The second-order valence-electron chi connectivity index (χ2n) is 4.82. The Morgan fingerprint density at radius 3 is 2.59 bits per heavy atom. The molecule has 0 saturated heterocycles. The first-order valence-electron chi connectivity index (χ1n) is 6.69. The highest BCUT2D eigenvalue weighted by Crippen LogP contribution is 2.21. The number of nitrogens with zero attached hydrogens (tertiary/aromatic N) is 3. The fraction of sp³-hybridized carbons (Fsp3) is 0.0625. The van der Waals surface area contributed by atoms with Gasteiger partial charge in [0.05, 0.1) is 17.6 Å². The van der Waals surface area contributed by atoms with E-state index in [1.165, 1.54) is 0 Å². The maximum atomic E-state index is 12.2. The molecule has 1 heterocycles. The smallest absolute Gasteiger partial charge is 0.277 e. The molecule has 22 heavy (non-hydrogen) atoms. The third-order valence-corrected chi connectivity index (χ3v) is 3.84. The Bertz CT molecular complexity index is 811. The van der Waals surface area contributed by atoms with Crippen molar-refractivity contribution in [2.45, 2.75) is 6.92 Å². The molecule has 3 aromatic rings. The van der Waals surface area contributed by atoms with E-state index in [-0.39, 0.29) is 11.6 Å². The topological polar surface area (TPSA) is 59.8 Å². The number of hydrogen-bond donors (Lipinski definition) is 1. The average molecular weight is 357 g/mol. The molecular formula is C16H13BrN4O. The molecule has 0 aliphatic heterocycles. The van der Waals surface area contributed by atoms with Crippen LogP contribution in [0.2, 0.25) is 0 Å². The number of rotatable bonds is 3. The lowest BCUT2D eigenvalue weighted by Crippen LogP contribution is -2.12. The Morgan fingerprint density at radius 1 is 1.14 bits per heavy atom. The maximum absolute atomic E-state index is 12.2. The number of benzene rings is 2. The minimum atomic E-state index is -0.301. The van der Waals surface area contributed by atoms with Crippen molar-refractivity contribution in [3.63, 3.8) is 0 Å². The molecule has 3 rings (SSSR count). The monoisotopic (exact) mass is 356 g/mol. The van der Waals surface area contributed by atoms with E-state index in [2.05, 4.69) is 31.6 Å². The highest BCUT2D eigenvalue weighted by Gasteiger charge is 2.12. The van der Waals surface area contributed by atoms with Gasteiger partial charge in [0.25, 0.3) is 5.91 Å². The van der Waals surface area contributed by atoms with E-state index in [1.807, 2.05) is 55.5 Å². The molecule has 1 amide bonds. The Kier molecular flexibility index (Phi) is 4.02. The zero-order valence-corrected chi connectivity index (χ0v) is 13.4. The molecule has 0 aliphatic carbocycles. The predicted molar refractivity (Wildman–Crippen MR) is 88.2 cm³/mol. The highest BCUT2D eigenvalue weighted by molar-refractivity contribution is 9.10. The van der Waals surface area contributed by atoms with E-state index < -0.39 is 0 Å². The van der Waals surface area contributed by atoms with Gasteiger partial charge in [0.2, 0.25) is 0 Å². The van der Waals surface area contributed by atoms with E-state index >= 15 is 0 Å². The standard InChI is InChI=1S/C16H13BrN4O/c1-11-6-8-12(9-7-11)21-10-15(19-20-21)16(22)18-14-5-3-2-4-13(14)17/h2-10H,1H3,(H,18,22). The van der Waals surface area contributed by atoms with Crippen molar-refractivity contribution in [3.8, 4) is 5.69 Å². The van der Waals surface area contributed by atoms with Gasteiger partial charge in [0, 0.05) is 4.47 Å². The molecule has 110 valence electrons. The fourth-order valence-electron chi connectivity index (χ4n) is 1.94. The molecule has 2 aromatic carbocycles. The molecule has 0 unspecified atom stereocenters. The normalized spacial score (nSPS) is 10.5. The number of amides is 1. The third kappa shape index (κ3) is 3.07. The van der Waals surface area contributed by atoms with Gasteiger partial charge < -0.3 is 5.32 Å². The predicted octanol–water partition coefficient (Wildman–Crippen LogP) is 3.59. The summed E-state index contributed by atoms with van der Waals surface area (Å²) < 4.78 is 2.39. The van der Waals surface area contributed by atoms with Crippen molar-refractivity contribution in [2.75, 3.05) is 5.32 Å². The van der Waals surface area contributed by atoms with Gasteiger partial charge in [-0.15, -0.1) is 5.10 Å². The Morgan fingerprint density at radius 2 is 1.86 bits per heavy atom. The van der Waals surface area contributed by atoms with Crippen molar-refractivity contribution in [1.29, 1.82) is 0 Å². The van der Waals surface area contributed by atoms with Crippen molar-refractivity contribution in [3.05, 3.63) is 70.5 Å². The van der Waals surface area contributed by atoms with Crippen molar-refractivity contribution in [1.82, 2.24) is 15.0 Å².